The molecule has 0 spiro atoms. The fraction of sp³-hybridized carbons (Fsp3) is 0.588. The molecule has 0 amide bonds. The number of aryl methyl sites for hydroxylation is 1. The summed E-state index contributed by atoms with van der Waals surface area (Å²) in [6, 6.07) is 7.50. The van der Waals surface area contributed by atoms with Crippen LogP contribution in [-0.2, 0) is 16.0 Å². The molecule has 0 saturated heterocycles. The van der Waals surface area contributed by atoms with Crippen LogP contribution in [-0.4, -0.2) is 18.2 Å². The van der Waals surface area contributed by atoms with Crippen LogP contribution in [0.4, 0.5) is 0 Å². The van der Waals surface area contributed by atoms with Gasteiger partial charge in [0.1, 0.15) is 5.75 Å². The minimum Gasteiger partial charge on any atom is -0.508 e. The molecule has 0 radical (unpaired) electrons. The van der Waals surface area contributed by atoms with Crippen LogP contribution in [0.2, 0.25) is 0 Å². The summed E-state index contributed by atoms with van der Waals surface area (Å²) in [6.07, 6.45) is 9.72. The van der Waals surface area contributed by atoms with Gasteiger partial charge in [-0.1, -0.05) is 44.2 Å². The Labute approximate surface area is 122 Å². The van der Waals surface area contributed by atoms with Crippen molar-refractivity contribution < 1.29 is 14.6 Å². The highest BCUT2D eigenvalue weighted by Gasteiger charge is 1.99. The predicted molar refractivity (Wildman–Crippen MR) is 80.8 cm³/mol. The van der Waals surface area contributed by atoms with Gasteiger partial charge in [0.2, 0.25) is 0 Å². The lowest BCUT2D eigenvalue weighted by molar-refractivity contribution is -0.140. The van der Waals surface area contributed by atoms with Crippen molar-refractivity contribution in [3.05, 3.63) is 29.8 Å². The Bertz CT molecular complexity index is 388. The largest absolute Gasteiger partial charge is 0.508 e. The highest BCUT2D eigenvalue weighted by molar-refractivity contribution is 5.68. The Kier molecular flexibility index (Phi) is 8.52. The molecule has 1 N–H and O–H groups in total. The van der Waals surface area contributed by atoms with Crippen molar-refractivity contribution in [2.45, 2.75) is 57.8 Å². The smallest absolute Gasteiger partial charge is 0.305 e. The van der Waals surface area contributed by atoms with Gasteiger partial charge in [0.15, 0.2) is 0 Å². The van der Waals surface area contributed by atoms with E-state index in [4.69, 9.17) is 0 Å². The molecule has 20 heavy (non-hydrogen) atoms. The molecule has 1 rings (SSSR count). The van der Waals surface area contributed by atoms with E-state index < -0.39 is 0 Å². The first-order chi connectivity index (χ1) is 9.72. The number of ether oxygens (including phenoxy) is 1. The average molecular weight is 278 g/mol. The van der Waals surface area contributed by atoms with E-state index in [1.165, 1.54) is 44.8 Å². The monoisotopic (exact) mass is 278 g/mol. The number of esters is 1. The normalized spacial score (nSPS) is 10.4. The van der Waals surface area contributed by atoms with Crippen LogP contribution in [0.1, 0.15) is 56.9 Å². The molecule has 0 aliphatic rings. The van der Waals surface area contributed by atoms with E-state index in [1.54, 1.807) is 6.07 Å². The Balaban J connectivity index is 1.91. The van der Waals surface area contributed by atoms with Crippen molar-refractivity contribution in [1.29, 1.82) is 0 Å². The third kappa shape index (κ3) is 7.82. The van der Waals surface area contributed by atoms with E-state index >= 15 is 0 Å². The van der Waals surface area contributed by atoms with Crippen LogP contribution in [0.5, 0.6) is 5.75 Å². The molecule has 1 aromatic carbocycles. The van der Waals surface area contributed by atoms with Crippen LogP contribution >= 0.6 is 0 Å². The third-order valence-corrected chi connectivity index (χ3v) is 3.48. The molecule has 0 fully saturated rings. The second-order valence-corrected chi connectivity index (χ2v) is 5.22. The second-order valence-electron chi connectivity index (χ2n) is 5.22. The van der Waals surface area contributed by atoms with E-state index in [-0.39, 0.29) is 5.97 Å². The number of methoxy groups -OCH3 is 1. The highest BCUT2D eigenvalue weighted by atomic mass is 16.5. The van der Waals surface area contributed by atoms with Gasteiger partial charge in [-0.25, -0.2) is 0 Å². The predicted octanol–water partition coefficient (Wildman–Crippen LogP) is 4.23. The maximum absolute atomic E-state index is 10.9. The third-order valence-electron chi connectivity index (χ3n) is 3.48. The topological polar surface area (TPSA) is 46.5 Å². The van der Waals surface area contributed by atoms with Gasteiger partial charge >= 0.3 is 5.97 Å². The molecule has 0 unspecified atom stereocenters. The van der Waals surface area contributed by atoms with Gasteiger partial charge in [-0.05, 0) is 37.0 Å². The molecule has 112 valence electrons. The molecular weight excluding hydrogens is 252 g/mol. The van der Waals surface area contributed by atoms with Gasteiger partial charge in [-0.2, -0.15) is 0 Å². The number of phenols is 1. The van der Waals surface area contributed by atoms with E-state index in [2.05, 4.69) is 10.8 Å². The van der Waals surface area contributed by atoms with Crippen molar-refractivity contribution in [2.24, 2.45) is 0 Å². The van der Waals surface area contributed by atoms with Crippen LogP contribution in [0.15, 0.2) is 24.3 Å². The van der Waals surface area contributed by atoms with Gasteiger partial charge in [0.05, 0.1) is 7.11 Å². The number of carbonyl (C=O) groups is 1. The highest BCUT2D eigenvalue weighted by Crippen LogP contribution is 2.15. The number of rotatable bonds is 10. The van der Waals surface area contributed by atoms with Crippen molar-refractivity contribution >= 4 is 5.97 Å². The molecule has 3 nitrogen and oxygen atoms in total. The van der Waals surface area contributed by atoms with E-state index in [0.29, 0.717) is 12.2 Å². The standard InChI is InChI=1S/C17H26O3/c1-20-17(19)13-8-6-4-2-3-5-7-10-15-11-9-12-16(18)14-15/h9,11-12,14,18H,2-8,10,13H2,1H3. The number of carbonyl (C=O) groups excluding carboxylic acids is 1. The Hall–Kier alpha value is -1.51. The molecule has 0 aliphatic carbocycles. The van der Waals surface area contributed by atoms with Gasteiger partial charge in [0, 0.05) is 6.42 Å². The number of hydrogen-bond donors (Lipinski definition) is 1. The van der Waals surface area contributed by atoms with Gasteiger partial charge in [-0.3, -0.25) is 4.79 Å². The average Bonchev–Trinajstić information content (AvgIpc) is 2.45. The molecular formula is C17H26O3. The first kappa shape index (κ1) is 16.5. The van der Waals surface area contributed by atoms with E-state index in [0.717, 1.165) is 19.3 Å². The molecule has 0 atom stereocenters. The zero-order chi connectivity index (χ0) is 14.6. The molecule has 0 aromatic heterocycles. The first-order valence-electron chi connectivity index (χ1n) is 7.57. The summed E-state index contributed by atoms with van der Waals surface area (Å²) in [7, 11) is 1.44. The molecule has 0 aliphatic heterocycles. The van der Waals surface area contributed by atoms with Crippen molar-refractivity contribution in [2.75, 3.05) is 7.11 Å². The number of phenolic OH excluding ortho intramolecular Hbond substituents is 1. The van der Waals surface area contributed by atoms with E-state index in [1.807, 2.05) is 12.1 Å². The van der Waals surface area contributed by atoms with Gasteiger partial charge in [0.25, 0.3) is 0 Å². The maximum atomic E-state index is 10.9. The zero-order valence-corrected chi connectivity index (χ0v) is 12.4. The van der Waals surface area contributed by atoms with Crippen LogP contribution < -0.4 is 0 Å². The molecule has 3 heteroatoms. The minimum absolute atomic E-state index is 0.101. The number of benzene rings is 1. The zero-order valence-electron chi connectivity index (χ0n) is 12.4. The van der Waals surface area contributed by atoms with Crippen LogP contribution in [0, 0.1) is 0 Å². The summed E-state index contributed by atoms with van der Waals surface area (Å²) < 4.78 is 4.60. The fourth-order valence-electron chi connectivity index (χ4n) is 2.30. The Morgan fingerprint density at radius 3 is 2.35 bits per heavy atom. The number of unbranched alkanes of at least 4 members (excludes halogenated alkanes) is 6. The number of aromatic hydroxyl groups is 1. The first-order valence-corrected chi connectivity index (χ1v) is 7.57. The lowest BCUT2D eigenvalue weighted by atomic mass is 10.0. The fourth-order valence-corrected chi connectivity index (χ4v) is 2.30. The van der Waals surface area contributed by atoms with Crippen LogP contribution in [0.3, 0.4) is 0 Å². The Morgan fingerprint density at radius 2 is 1.70 bits per heavy atom. The van der Waals surface area contributed by atoms with Crippen LogP contribution in [0.25, 0.3) is 0 Å². The Morgan fingerprint density at radius 1 is 1.05 bits per heavy atom. The van der Waals surface area contributed by atoms with Crippen molar-refractivity contribution in [3.8, 4) is 5.75 Å². The summed E-state index contributed by atoms with van der Waals surface area (Å²) in [5, 5.41) is 9.36. The molecule has 0 saturated carbocycles. The van der Waals surface area contributed by atoms with Crippen molar-refractivity contribution in [3.63, 3.8) is 0 Å². The van der Waals surface area contributed by atoms with E-state index in [9.17, 15) is 9.90 Å². The summed E-state index contributed by atoms with van der Waals surface area (Å²) in [5.74, 6) is 0.254. The summed E-state index contributed by atoms with van der Waals surface area (Å²) >= 11 is 0. The summed E-state index contributed by atoms with van der Waals surface area (Å²) in [5.41, 5.74) is 1.21. The molecule has 0 heterocycles. The number of hydrogen-bond acceptors (Lipinski definition) is 3. The van der Waals surface area contributed by atoms with Crippen molar-refractivity contribution in [1.82, 2.24) is 0 Å². The molecule has 1 aromatic rings. The quantitative estimate of drug-likeness (QED) is 0.514. The van der Waals surface area contributed by atoms with Gasteiger partial charge < -0.3 is 9.84 Å². The minimum atomic E-state index is -0.101. The van der Waals surface area contributed by atoms with Gasteiger partial charge in [-0.15, -0.1) is 0 Å². The summed E-state index contributed by atoms with van der Waals surface area (Å²) in [6.45, 7) is 0. The summed E-state index contributed by atoms with van der Waals surface area (Å²) in [4.78, 5) is 10.9. The lowest BCUT2D eigenvalue weighted by Crippen LogP contribution is -1.99. The lowest BCUT2D eigenvalue weighted by Gasteiger charge is -2.03. The molecule has 0 bridgehead atoms. The SMILES string of the molecule is COC(=O)CCCCCCCCCc1cccc(O)c1. The second kappa shape index (κ2) is 10.3. The maximum Gasteiger partial charge on any atom is 0.305 e.